The Morgan fingerprint density at radius 1 is 0.857 bits per heavy atom. The minimum atomic E-state index is -0.806. The maximum Gasteiger partial charge on any atom is 0.280 e. The lowest BCUT2D eigenvalue weighted by Crippen LogP contribution is -2.14. The van der Waals surface area contributed by atoms with E-state index in [4.69, 9.17) is 0 Å². The third kappa shape index (κ3) is 4.78. The number of rotatable bonds is 5. The van der Waals surface area contributed by atoms with Gasteiger partial charge in [0.1, 0.15) is 0 Å². The normalized spacial score (nSPS) is 11.5. The highest BCUT2D eigenvalue weighted by Crippen LogP contribution is 2.35. The first-order chi connectivity index (χ1) is 16.7. The van der Waals surface area contributed by atoms with E-state index >= 15 is 0 Å². The first kappa shape index (κ1) is 23.7. The molecule has 35 heavy (non-hydrogen) atoms. The molecule has 176 valence electrons. The Morgan fingerprint density at radius 2 is 1.49 bits per heavy atom. The second-order valence-electron chi connectivity index (χ2n) is 7.96. The zero-order valence-corrected chi connectivity index (χ0v) is 19.9. The summed E-state index contributed by atoms with van der Waals surface area (Å²) in [5, 5.41) is 22.4. The zero-order chi connectivity index (χ0) is 25.3. The number of aryl methyl sites for hydroxylation is 2. The Kier molecular flexibility index (Phi) is 6.39. The van der Waals surface area contributed by atoms with Crippen molar-refractivity contribution in [2.75, 3.05) is 0 Å². The number of hydrogen-bond donors (Lipinski definition) is 0. The van der Waals surface area contributed by atoms with Gasteiger partial charge in [-0.1, -0.05) is 53.8 Å². The van der Waals surface area contributed by atoms with Crippen LogP contribution in [0.15, 0.2) is 71.7 Å². The van der Waals surface area contributed by atoms with Gasteiger partial charge in [0, 0.05) is 19.2 Å². The van der Waals surface area contributed by atoms with E-state index in [-0.39, 0.29) is 5.56 Å². The quantitative estimate of drug-likeness (QED) is 0.268. The summed E-state index contributed by atoms with van der Waals surface area (Å²) in [6, 6.07) is 18.6. The number of thiazole rings is 1. The van der Waals surface area contributed by atoms with Gasteiger partial charge in [-0.2, -0.15) is 4.99 Å². The van der Waals surface area contributed by atoms with E-state index in [2.05, 4.69) is 11.1 Å². The van der Waals surface area contributed by atoms with E-state index in [9.17, 15) is 25.0 Å². The molecule has 0 spiro atoms. The van der Waals surface area contributed by atoms with E-state index in [1.807, 2.05) is 56.3 Å². The number of nitro groups is 2. The molecule has 4 aromatic rings. The van der Waals surface area contributed by atoms with Crippen LogP contribution in [0.1, 0.15) is 21.5 Å². The highest BCUT2D eigenvalue weighted by atomic mass is 32.1. The van der Waals surface area contributed by atoms with Crippen molar-refractivity contribution in [1.29, 1.82) is 0 Å². The van der Waals surface area contributed by atoms with Crippen LogP contribution in [0.4, 0.5) is 11.4 Å². The molecule has 0 saturated heterocycles. The van der Waals surface area contributed by atoms with Crippen molar-refractivity contribution in [3.63, 3.8) is 0 Å². The number of non-ortho nitro benzene ring substituents is 2. The summed E-state index contributed by atoms with van der Waals surface area (Å²) in [6.07, 6.45) is 0. The lowest BCUT2D eigenvalue weighted by molar-refractivity contribution is -0.394. The molecule has 0 atom stereocenters. The van der Waals surface area contributed by atoms with E-state index < -0.39 is 27.1 Å². The van der Waals surface area contributed by atoms with Crippen LogP contribution in [0.3, 0.4) is 0 Å². The Balaban J connectivity index is 1.91. The van der Waals surface area contributed by atoms with Crippen LogP contribution in [-0.2, 0) is 7.05 Å². The van der Waals surface area contributed by atoms with Crippen molar-refractivity contribution in [2.24, 2.45) is 12.0 Å². The summed E-state index contributed by atoms with van der Waals surface area (Å²) in [6.45, 7) is 4.06. The first-order valence-corrected chi connectivity index (χ1v) is 11.3. The van der Waals surface area contributed by atoms with Gasteiger partial charge < -0.3 is 4.57 Å². The third-order valence-electron chi connectivity index (χ3n) is 5.62. The minimum Gasteiger partial charge on any atom is -0.319 e. The van der Waals surface area contributed by atoms with Crippen LogP contribution in [0.2, 0.25) is 0 Å². The van der Waals surface area contributed by atoms with E-state index in [0.717, 1.165) is 51.0 Å². The Hall–Kier alpha value is -4.44. The average Bonchev–Trinajstić information content (AvgIpc) is 3.16. The number of amides is 1. The van der Waals surface area contributed by atoms with Crippen LogP contribution in [0.5, 0.6) is 0 Å². The van der Waals surface area contributed by atoms with Gasteiger partial charge in [-0.25, -0.2) is 0 Å². The van der Waals surface area contributed by atoms with Crippen molar-refractivity contribution >= 4 is 28.6 Å². The summed E-state index contributed by atoms with van der Waals surface area (Å²) >= 11 is 1.30. The SMILES string of the molecule is Cc1ccc(-c2c(-c3ccccc3)sc(=NC(=O)c3cc([N+](=O)[O-])cc([N+](=O)[O-])c3)n2C)cc1C. The lowest BCUT2D eigenvalue weighted by atomic mass is 10.0. The van der Waals surface area contributed by atoms with Crippen molar-refractivity contribution in [3.8, 4) is 21.7 Å². The molecule has 1 amide bonds. The molecule has 9 nitrogen and oxygen atoms in total. The van der Waals surface area contributed by atoms with Crippen LogP contribution in [-0.4, -0.2) is 20.3 Å². The van der Waals surface area contributed by atoms with Crippen molar-refractivity contribution < 1.29 is 14.6 Å². The Labute approximate surface area is 203 Å². The summed E-state index contributed by atoms with van der Waals surface area (Å²) in [5.74, 6) is -0.806. The summed E-state index contributed by atoms with van der Waals surface area (Å²) in [5.41, 5.74) is 3.70. The maximum atomic E-state index is 13.0. The molecule has 10 heteroatoms. The number of aromatic nitrogens is 1. The molecule has 0 saturated carbocycles. The largest absolute Gasteiger partial charge is 0.319 e. The summed E-state index contributed by atoms with van der Waals surface area (Å²) in [4.78, 5) is 39.3. The molecule has 3 aromatic carbocycles. The van der Waals surface area contributed by atoms with Gasteiger partial charge in [-0.05, 0) is 42.2 Å². The number of hydrogen-bond acceptors (Lipinski definition) is 6. The average molecular weight is 489 g/mol. The molecular formula is C25H20N4O5S. The topological polar surface area (TPSA) is 121 Å². The predicted molar refractivity (Wildman–Crippen MR) is 133 cm³/mol. The molecule has 0 aliphatic carbocycles. The highest BCUT2D eigenvalue weighted by Gasteiger charge is 2.21. The smallest absolute Gasteiger partial charge is 0.280 e. The zero-order valence-electron chi connectivity index (χ0n) is 19.1. The van der Waals surface area contributed by atoms with Crippen LogP contribution < -0.4 is 4.80 Å². The molecule has 0 bridgehead atoms. The first-order valence-electron chi connectivity index (χ1n) is 10.5. The Morgan fingerprint density at radius 3 is 2.06 bits per heavy atom. The fraction of sp³-hybridized carbons (Fsp3) is 0.120. The molecule has 0 radical (unpaired) electrons. The predicted octanol–water partition coefficient (Wildman–Crippen LogP) is 5.59. The third-order valence-corrected chi connectivity index (χ3v) is 6.80. The van der Waals surface area contributed by atoms with Crippen molar-refractivity contribution in [3.05, 3.63) is 108 Å². The number of carbonyl (C=O) groups is 1. The number of nitrogens with zero attached hydrogens (tertiary/aromatic N) is 4. The maximum absolute atomic E-state index is 13.0. The van der Waals surface area contributed by atoms with Gasteiger partial charge in [0.05, 0.1) is 32.0 Å². The van der Waals surface area contributed by atoms with Gasteiger partial charge in [0.2, 0.25) is 0 Å². The minimum absolute atomic E-state index is 0.228. The summed E-state index contributed by atoms with van der Waals surface area (Å²) in [7, 11) is 1.79. The molecule has 0 N–H and O–H groups in total. The van der Waals surface area contributed by atoms with E-state index in [0.29, 0.717) is 4.80 Å². The molecule has 0 unspecified atom stereocenters. The second-order valence-corrected chi connectivity index (χ2v) is 8.93. The van der Waals surface area contributed by atoms with E-state index in [1.165, 1.54) is 11.3 Å². The monoisotopic (exact) mass is 488 g/mol. The number of benzene rings is 3. The Bertz CT molecular complexity index is 1520. The molecule has 0 fully saturated rings. The number of carbonyl (C=O) groups excluding carboxylic acids is 1. The molecule has 4 rings (SSSR count). The van der Waals surface area contributed by atoms with Gasteiger partial charge >= 0.3 is 0 Å². The fourth-order valence-electron chi connectivity index (χ4n) is 3.63. The van der Waals surface area contributed by atoms with Gasteiger partial charge in [0.15, 0.2) is 4.80 Å². The van der Waals surface area contributed by atoms with E-state index in [1.54, 1.807) is 11.6 Å². The van der Waals surface area contributed by atoms with Gasteiger partial charge in [-0.15, -0.1) is 0 Å². The highest BCUT2D eigenvalue weighted by molar-refractivity contribution is 7.13. The summed E-state index contributed by atoms with van der Waals surface area (Å²) < 4.78 is 1.79. The molecule has 0 aliphatic rings. The van der Waals surface area contributed by atoms with Crippen LogP contribution in [0.25, 0.3) is 21.7 Å². The van der Waals surface area contributed by atoms with Crippen molar-refractivity contribution in [1.82, 2.24) is 4.57 Å². The second kappa shape index (κ2) is 9.43. The van der Waals surface area contributed by atoms with Gasteiger partial charge in [-0.3, -0.25) is 25.0 Å². The fourth-order valence-corrected chi connectivity index (χ4v) is 4.78. The van der Waals surface area contributed by atoms with Gasteiger partial charge in [0.25, 0.3) is 17.3 Å². The molecule has 0 aliphatic heterocycles. The number of nitro benzene ring substituents is 2. The standard InChI is InChI=1S/C25H20N4O5S/c1-15-9-10-18(11-16(15)2)22-23(17-7-5-4-6-8-17)35-25(27(22)3)26-24(30)19-12-20(28(31)32)14-21(13-19)29(33)34/h4-14H,1-3H3. The molecular weight excluding hydrogens is 468 g/mol. The van der Waals surface area contributed by atoms with Crippen molar-refractivity contribution in [2.45, 2.75) is 13.8 Å². The van der Waals surface area contributed by atoms with Crippen LogP contribution in [0, 0.1) is 34.1 Å². The lowest BCUT2D eigenvalue weighted by Gasteiger charge is -2.09. The van der Waals surface area contributed by atoms with Crippen LogP contribution >= 0.6 is 11.3 Å². The molecule has 1 heterocycles. The molecule has 1 aromatic heterocycles.